The van der Waals surface area contributed by atoms with Crippen molar-refractivity contribution in [2.75, 3.05) is 19.5 Å². The minimum absolute atomic E-state index is 0.219. The molecule has 0 aromatic rings. The minimum Gasteiger partial charge on any atom is -0.113 e. The van der Waals surface area contributed by atoms with Gasteiger partial charge in [-0.3, -0.25) is 0 Å². The van der Waals surface area contributed by atoms with Crippen LogP contribution < -0.4 is 0 Å². The first-order chi connectivity index (χ1) is 7.65. The SMILES string of the molecule is C=CC(CC=CC)C(CCCC)CP(C)C. The van der Waals surface area contributed by atoms with E-state index in [2.05, 4.69) is 52.0 Å². The summed E-state index contributed by atoms with van der Waals surface area (Å²) in [6, 6.07) is 0. The molecule has 0 nitrogen and oxygen atoms in total. The third kappa shape index (κ3) is 7.23. The van der Waals surface area contributed by atoms with Gasteiger partial charge in [-0.15, -0.1) is 14.5 Å². The van der Waals surface area contributed by atoms with Gasteiger partial charge in [-0.25, -0.2) is 0 Å². The molecule has 16 heavy (non-hydrogen) atoms. The summed E-state index contributed by atoms with van der Waals surface area (Å²) in [7, 11) is 0.219. The van der Waals surface area contributed by atoms with Crippen LogP contribution in [0.1, 0.15) is 39.5 Å². The number of unbranched alkanes of at least 4 members (excludes halogenated alkanes) is 1. The van der Waals surface area contributed by atoms with Crippen molar-refractivity contribution in [1.29, 1.82) is 0 Å². The van der Waals surface area contributed by atoms with Crippen molar-refractivity contribution in [2.24, 2.45) is 11.8 Å². The van der Waals surface area contributed by atoms with Crippen LogP contribution in [0, 0.1) is 11.8 Å². The van der Waals surface area contributed by atoms with E-state index in [4.69, 9.17) is 0 Å². The summed E-state index contributed by atoms with van der Waals surface area (Å²) in [6.45, 7) is 13.2. The molecule has 0 aliphatic heterocycles. The highest BCUT2D eigenvalue weighted by molar-refractivity contribution is 7.55. The Morgan fingerprint density at radius 1 is 1.31 bits per heavy atom. The Hall–Kier alpha value is -0.0900. The lowest BCUT2D eigenvalue weighted by molar-refractivity contribution is 0.397. The molecule has 2 atom stereocenters. The number of hydrogen-bond acceptors (Lipinski definition) is 0. The molecule has 0 rings (SSSR count). The van der Waals surface area contributed by atoms with E-state index < -0.39 is 0 Å². The van der Waals surface area contributed by atoms with Crippen molar-refractivity contribution in [3.05, 3.63) is 24.8 Å². The Bertz CT molecular complexity index is 194. The second-order valence-electron chi connectivity index (χ2n) is 4.87. The third-order valence-electron chi connectivity index (χ3n) is 3.08. The van der Waals surface area contributed by atoms with E-state index in [9.17, 15) is 0 Å². The van der Waals surface area contributed by atoms with Crippen LogP contribution in [0.3, 0.4) is 0 Å². The van der Waals surface area contributed by atoms with Gasteiger partial charge in [0.2, 0.25) is 0 Å². The van der Waals surface area contributed by atoms with E-state index in [-0.39, 0.29) is 7.92 Å². The van der Waals surface area contributed by atoms with Crippen LogP contribution in [0.2, 0.25) is 0 Å². The maximum Gasteiger partial charge on any atom is -0.0170 e. The van der Waals surface area contributed by atoms with E-state index in [0.29, 0.717) is 5.92 Å². The Morgan fingerprint density at radius 2 is 2.00 bits per heavy atom. The van der Waals surface area contributed by atoms with E-state index in [1.807, 2.05) is 0 Å². The van der Waals surface area contributed by atoms with Gasteiger partial charge in [-0.2, -0.15) is 0 Å². The topological polar surface area (TPSA) is 0 Å². The van der Waals surface area contributed by atoms with Crippen LogP contribution in [-0.4, -0.2) is 19.5 Å². The Balaban J connectivity index is 4.34. The smallest absolute Gasteiger partial charge is 0.0170 e. The first kappa shape index (κ1) is 15.9. The maximum atomic E-state index is 4.02. The lowest BCUT2D eigenvalue weighted by atomic mass is 9.87. The summed E-state index contributed by atoms with van der Waals surface area (Å²) in [6.07, 6.45) is 13.3. The normalized spacial score (nSPS) is 15.6. The average molecular weight is 240 g/mol. The summed E-state index contributed by atoms with van der Waals surface area (Å²) in [5, 5.41) is 0. The zero-order valence-electron chi connectivity index (χ0n) is 11.6. The van der Waals surface area contributed by atoms with Gasteiger partial charge in [-0.1, -0.05) is 38.0 Å². The summed E-state index contributed by atoms with van der Waals surface area (Å²) in [4.78, 5) is 0. The number of allylic oxidation sites excluding steroid dienone is 3. The van der Waals surface area contributed by atoms with Gasteiger partial charge < -0.3 is 0 Å². The molecule has 0 saturated heterocycles. The van der Waals surface area contributed by atoms with Gasteiger partial charge in [0.15, 0.2) is 0 Å². The molecular formula is C15H29P. The van der Waals surface area contributed by atoms with Gasteiger partial charge in [-0.05, 0) is 51.1 Å². The highest BCUT2D eigenvalue weighted by Crippen LogP contribution is 2.35. The molecule has 94 valence electrons. The highest BCUT2D eigenvalue weighted by atomic mass is 31.1. The molecule has 0 aromatic heterocycles. The molecule has 0 aromatic carbocycles. The summed E-state index contributed by atoms with van der Waals surface area (Å²) < 4.78 is 0. The number of rotatable bonds is 9. The monoisotopic (exact) mass is 240 g/mol. The molecule has 0 aliphatic carbocycles. The largest absolute Gasteiger partial charge is 0.113 e. The molecule has 0 N–H and O–H groups in total. The van der Waals surface area contributed by atoms with Gasteiger partial charge in [0, 0.05) is 0 Å². The first-order valence-corrected chi connectivity index (χ1v) is 8.96. The lowest BCUT2D eigenvalue weighted by Gasteiger charge is -2.25. The molecule has 0 radical (unpaired) electrons. The Morgan fingerprint density at radius 3 is 2.44 bits per heavy atom. The zero-order chi connectivity index (χ0) is 12.4. The molecule has 0 amide bonds. The van der Waals surface area contributed by atoms with Gasteiger partial charge >= 0.3 is 0 Å². The second-order valence-corrected chi connectivity index (χ2v) is 7.39. The Labute approximate surface area is 104 Å². The fourth-order valence-electron chi connectivity index (χ4n) is 2.15. The van der Waals surface area contributed by atoms with Crippen molar-refractivity contribution in [3.8, 4) is 0 Å². The molecular weight excluding hydrogens is 211 g/mol. The van der Waals surface area contributed by atoms with E-state index in [1.54, 1.807) is 0 Å². The maximum absolute atomic E-state index is 4.02. The molecule has 0 fully saturated rings. The van der Waals surface area contributed by atoms with Crippen LogP contribution >= 0.6 is 7.92 Å². The number of hydrogen-bond donors (Lipinski definition) is 0. The molecule has 2 unspecified atom stereocenters. The third-order valence-corrected chi connectivity index (χ3v) is 4.28. The summed E-state index contributed by atoms with van der Waals surface area (Å²) >= 11 is 0. The molecule has 0 aliphatic rings. The van der Waals surface area contributed by atoms with Crippen molar-refractivity contribution >= 4 is 7.92 Å². The molecule has 0 saturated carbocycles. The predicted molar refractivity (Wildman–Crippen MR) is 79.8 cm³/mol. The standard InChI is InChI=1S/C15H29P/c1-6-9-11-14(8-3)15(12-10-7-2)13-16(4)5/h6,8-9,14-15H,3,7,10-13H2,1-2,4-5H3. The molecule has 0 spiro atoms. The van der Waals surface area contributed by atoms with Crippen LogP contribution in [0.25, 0.3) is 0 Å². The molecule has 0 bridgehead atoms. The highest BCUT2D eigenvalue weighted by Gasteiger charge is 2.18. The van der Waals surface area contributed by atoms with Crippen LogP contribution in [0.15, 0.2) is 24.8 Å². The van der Waals surface area contributed by atoms with Crippen LogP contribution in [0.5, 0.6) is 0 Å². The van der Waals surface area contributed by atoms with Crippen molar-refractivity contribution in [2.45, 2.75) is 39.5 Å². The van der Waals surface area contributed by atoms with Gasteiger partial charge in [0.05, 0.1) is 0 Å². The fourth-order valence-corrected chi connectivity index (χ4v) is 3.54. The minimum atomic E-state index is 0.219. The van der Waals surface area contributed by atoms with Crippen molar-refractivity contribution in [1.82, 2.24) is 0 Å². The summed E-state index contributed by atoms with van der Waals surface area (Å²) in [5.41, 5.74) is 0. The van der Waals surface area contributed by atoms with Gasteiger partial charge in [0.25, 0.3) is 0 Å². The quantitative estimate of drug-likeness (QED) is 0.379. The molecule has 1 heteroatoms. The summed E-state index contributed by atoms with van der Waals surface area (Å²) in [5.74, 6) is 1.54. The molecule has 0 heterocycles. The predicted octanol–water partition coefficient (Wildman–Crippen LogP) is 5.30. The van der Waals surface area contributed by atoms with Crippen LogP contribution in [0.4, 0.5) is 0 Å². The second kappa shape index (κ2) is 10.1. The van der Waals surface area contributed by atoms with Crippen molar-refractivity contribution in [3.63, 3.8) is 0 Å². The van der Waals surface area contributed by atoms with E-state index in [1.165, 1.54) is 31.8 Å². The van der Waals surface area contributed by atoms with Crippen molar-refractivity contribution < 1.29 is 0 Å². The van der Waals surface area contributed by atoms with Gasteiger partial charge in [0.1, 0.15) is 0 Å². The first-order valence-electron chi connectivity index (χ1n) is 6.54. The Kier molecular flexibility index (Phi) is 10.0. The average Bonchev–Trinajstić information content (AvgIpc) is 2.25. The van der Waals surface area contributed by atoms with Crippen LogP contribution in [-0.2, 0) is 0 Å². The van der Waals surface area contributed by atoms with E-state index in [0.717, 1.165) is 5.92 Å². The van der Waals surface area contributed by atoms with E-state index >= 15 is 0 Å². The fraction of sp³-hybridized carbons (Fsp3) is 0.733. The zero-order valence-corrected chi connectivity index (χ0v) is 12.5. The lowest BCUT2D eigenvalue weighted by Crippen LogP contribution is -2.15.